The Morgan fingerprint density at radius 2 is 1.94 bits per heavy atom. The number of urea groups is 1. The highest BCUT2D eigenvalue weighted by Crippen LogP contribution is 2.56. The predicted octanol–water partition coefficient (Wildman–Crippen LogP) is 3.08. The molecule has 1 saturated heterocycles. The maximum absolute atomic E-state index is 14.0. The third-order valence-corrected chi connectivity index (χ3v) is 5.70. The van der Waals surface area contributed by atoms with Crippen LogP contribution in [0.25, 0.3) is 5.65 Å². The number of amides is 3. The average Bonchev–Trinajstić information content (AvgIpc) is 3.35. The maximum Gasteiger partial charge on any atom is 0.419 e. The Balaban J connectivity index is 1.48. The van der Waals surface area contributed by atoms with Crippen LogP contribution in [-0.4, -0.2) is 33.1 Å². The molecule has 3 aromatic rings. The Kier molecular flexibility index (Phi) is 4.24. The highest BCUT2D eigenvalue weighted by Gasteiger charge is 2.43. The van der Waals surface area contributed by atoms with Crippen LogP contribution in [0.15, 0.2) is 36.7 Å². The van der Waals surface area contributed by atoms with Gasteiger partial charge in [-0.1, -0.05) is 6.07 Å². The molecule has 2 aromatic heterocycles. The van der Waals surface area contributed by atoms with Crippen molar-refractivity contribution in [2.24, 2.45) is 0 Å². The lowest BCUT2D eigenvalue weighted by Gasteiger charge is -2.22. The smallest absolute Gasteiger partial charge is 0.337 e. The molecule has 1 aliphatic carbocycles. The molecule has 0 spiro atoms. The number of benzene rings is 1. The first-order valence-corrected chi connectivity index (χ1v) is 9.52. The van der Waals surface area contributed by atoms with Gasteiger partial charge < -0.3 is 5.32 Å². The van der Waals surface area contributed by atoms with Crippen molar-refractivity contribution in [3.05, 3.63) is 64.9 Å². The summed E-state index contributed by atoms with van der Waals surface area (Å²) in [6.45, 7) is 0.0928. The van der Waals surface area contributed by atoms with Crippen LogP contribution in [0.4, 0.5) is 22.4 Å². The third kappa shape index (κ3) is 3.39. The van der Waals surface area contributed by atoms with Gasteiger partial charge in [-0.3, -0.25) is 10.1 Å². The molecular formula is C20H15F4N5O2. The van der Waals surface area contributed by atoms with Crippen molar-refractivity contribution in [2.45, 2.75) is 30.4 Å². The number of nitrogens with zero attached hydrogens (tertiary/aromatic N) is 3. The van der Waals surface area contributed by atoms with Gasteiger partial charge in [0.25, 0.3) is 0 Å². The highest BCUT2D eigenvalue weighted by molar-refractivity contribution is 6.00. The summed E-state index contributed by atoms with van der Waals surface area (Å²) in [6.07, 6.45) is -0.974. The summed E-state index contributed by atoms with van der Waals surface area (Å²) < 4.78 is 54.1. The minimum Gasteiger partial charge on any atom is -0.337 e. The van der Waals surface area contributed by atoms with Crippen LogP contribution in [-0.2, 0) is 11.0 Å². The summed E-state index contributed by atoms with van der Waals surface area (Å²) in [5, 5.41) is 9.17. The van der Waals surface area contributed by atoms with Crippen LogP contribution in [0.3, 0.4) is 0 Å². The van der Waals surface area contributed by atoms with Gasteiger partial charge in [0.1, 0.15) is 5.82 Å². The van der Waals surface area contributed by atoms with E-state index in [1.165, 1.54) is 10.6 Å². The van der Waals surface area contributed by atoms with Gasteiger partial charge in [0.15, 0.2) is 5.65 Å². The molecule has 1 saturated carbocycles. The number of hydrogen-bond donors (Lipinski definition) is 2. The molecule has 3 atom stereocenters. The molecule has 1 unspecified atom stereocenters. The number of aromatic nitrogens is 3. The van der Waals surface area contributed by atoms with Gasteiger partial charge in [-0.15, -0.1) is 0 Å². The summed E-state index contributed by atoms with van der Waals surface area (Å²) in [5.41, 5.74) is 0.943. The number of nitrogens with one attached hydrogen (secondary N) is 2. The van der Waals surface area contributed by atoms with E-state index in [0.717, 1.165) is 17.7 Å². The first-order chi connectivity index (χ1) is 14.7. The van der Waals surface area contributed by atoms with E-state index in [4.69, 9.17) is 0 Å². The minimum absolute atomic E-state index is 0.0928. The van der Waals surface area contributed by atoms with Crippen LogP contribution in [0.2, 0.25) is 0 Å². The number of imidazole rings is 1. The number of hydrogen-bond acceptors (Lipinski definition) is 4. The molecule has 1 aromatic carbocycles. The molecule has 0 bridgehead atoms. The number of halogens is 4. The van der Waals surface area contributed by atoms with Crippen molar-refractivity contribution in [2.75, 3.05) is 6.54 Å². The first kappa shape index (κ1) is 19.5. The van der Waals surface area contributed by atoms with Crippen LogP contribution in [0.1, 0.15) is 46.6 Å². The maximum atomic E-state index is 14.0. The van der Waals surface area contributed by atoms with Crippen LogP contribution < -0.4 is 10.6 Å². The van der Waals surface area contributed by atoms with Crippen molar-refractivity contribution >= 4 is 17.6 Å². The zero-order chi connectivity index (χ0) is 21.9. The monoisotopic (exact) mass is 433 g/mol. The zero-order valence-electron chi connectivity index (χ0n) is 15.8. The lowest BCUT2D eigenvalue weighted by atomic mass is 9.98. The summed E-state index contributed by atoms with van der Waals surface area (Å²) in [6, 6.07) is 4.15. The zero-order valence-corrected chi connectivity index (χ0v) is 15.8. The Labute approximate surface area is 172 Å². The number of rotatable bonds is 3. The quantitative estimate of drug-likeness (QED) is 0.622. The van der Waals surface area contributed by atoms with Gasteiger partial charge >= 0.3 is 12.2 Å². The second-order valence-electron chi connectivity index (χ2n) is 7.66. The average molecular weight is 433 g/mol. The summed E-state index contributed by atoms with van der Waals surface area (Å²) in [4.78, 5) is 27.9. The van der Waals surface area contributed by atoms with E-state index in [0.29, 0.717) is 23.3 Å². The van der Waals surface area contributed by atoms with Gasteiger partial charge in [0, 0.05) is 24.5 Å². The lowest BCUT2D eigenvalue weighted by molar-refractivity contribution is -0.140. The molecule has 5 rings (SSSR count). The molecule has 3 amide bonds. The molecule has 0 radical (unpaired) electrons. The Bertz CT molecular complexity index is 1220. The van der Waals surface area contributed by atoms with E-state index in [1.54, 1.807) is 18.5 Å². The van der Waals surface area contributed by atoms with Gasteiger partial charge in [-0.05, 0) is 42.0 Å². The van der Waals surface area contributed by atoms with Gasteiger partial charge in [-0.25, -0.2) is 18.7 Å². The SMILES string of the molecule is O=C1NCC(c2cc([C@H]3C[C@@H]3c3ccc(C(F)(F)F)c(F)c3)c3nccn3n2)C(=O)N1. The summed E-state index contributed by atoms with van der Waals surface area (Å²) in [7, 11) is 0. The summed E-state index contributed by atoms with van der Waals surface area (Å²) in [5.74, 6) is -2.74. The standard InChI is InChI=1S/C20H15F4N5O2/c21-15-5-9(1-2-14(15)20(22,23)24)10-6-11(10)12-7-16(28-29-4-3-25-17(12)29)13-8-26-19(31)27-18(13)30/h1-5,7,10-11,13H,6,8H2,(H2,26,27,30,31)/t10-,11+,13?/m1/s1. The fraction of sp³-hybridized carbons (Fsp3) is 0.300. The Hall–Kier alpha value is -3.50. The fourth-order valence-electron chi connectivity index (χ4n) is 4.07. The number of alkyl halides is 3. The van der Waals surface area contributed by atoms with E-state index < -0.39 is 35.4 Å². The molecular weight excluding hydrogens is 418 g/mol. The van der Waals surface area contributed by atoms with Gasteiger partial charge in [-0.2, -0.15) is 18.3 Å². The van der Waals surface area contributed by atoms with E-state index in [-0.39, 0.29) is 18.4 Å². The summed E-state index contributed by atoms with van der Waals surface area (Å²) >= 11 is 0. The number of carbonyl (C=O) groups is 2. The molecule has 2 aliphatic rings. The minimum atomic E-state index is -4.75. The number of imide groups is 1. The van der Waals surface area contributed by atoms with Crippen LogP contribution >= 0.6 is 0 Å². The molecule has 2 fully saturated rings. The molecule has 7 nitrogen and oxygen atoms in total. The van der Waals surface area contributed by atoms with Crippen molar-refractivity contribution in [3.63, 3.8) is 0 Å². The lowest BCUT2D eigenvalue weighted by Crippen LogP contribution is -2.51. The third-order valence-electron chi connectivity index (χ3n) is 5.70. The van der Waals surface area contributed by atoms with Crippen molar-refractivity contribution in [1.82, 2.24) is 25.2 Å². The first-order valence-electron chi connectivity index (χ1n) is 9.52. The number of fused-ring (bicyclic) bond motifs is 1. The second kappa shape index (κ2) is 6.76. The topological polar surface area (TPSA) is 88.4 Å². The fourth-order valence-corrected chi connectivity index (χ4v) is 4.07. The molecule has 1 aliphatic heterocycles. The van der Waals surface area contributed by atoms with E-state index in [2.05, 4.69) is 20.7 Å². The molecule has 160 valence electrons. The highest BCUT2D eigenvalue weighted by atomic mass is 19.4. The van der Waals surface area contributed by atoms with Gasteiger partial charge in [0.2, 0.25) is 5.91 Å². The van der Waals surface area contributed by atoms with E-state index in [9.17, 15) is 27.2 Å². The largest absolute Gasteiger partial charge is 0.419 e. The van der Waals surface area contributed by atoms with Crippen LogP contribution in [0, 0.1) is 5.82 Å². The number of carbonyl (C=O) groups excluding carboxylic acids is 2. The van der Waals surface area contributed by atoms with Crippen molar-refractivity contribution in [1.29, 1.82) is 0 Å². The predicted molar refractivity (Wildman–Crippen MR) is 98.8 cm³/mol. The van der Waals surface area contributed by atoms with E-state index >= 15 is 0 Å². The Morgan fingerprint density at radius 3 is 2.65 bits per heavy atom. The normalized spacial score (nSPS) is 23.5. The van der Waals surface area contributed by atoms with E-state index in [1.807, 2.05) is 0 Å². The van der Waals surface area contributed by atoms with Crippen molar-refractivity contribution < 1.29 is 27.2 Å². The molecule has 3 heterocycles. The molecule has 2 N–H and O–H groups in total. The second-order valence-corrected chi connectivity index (χ2v) is 7.66. The van der Waals surface area contributed by atoms with Crippen LogP contribution in [0.5, 0.6) is 0 Å². The molecule has 31 heavy (non-hydrogen) atoms. The Morgan fingerprint density at radius 1 is 1.13 bits per heavy atom. The van der Waals surface area contributed by atoms with Gasteiger partial charge in [0.05, 0.1) is 17.2 Å². The van der Waals surface area contributed by atoms with Crippen molar-refractivity contribution in [3.8, 4) is 0 Å². The molecule has 11 heteroatoms.